The maximum atomic E-state index is 11.8. The number of carbonyl (C=O) groups excluding carboxylic acids is 2. The molecule has 1 atom stereocenters. The molecule has 0 radical (unpaired) electrons. The van der Waals surface area contributed by atoms with Crippen LogP contribution in [-0.2, 0) is 9.59 Å². The summed E-state index contributed by atoms with van der Waals surface area (Å²) >= 11 is 0. The summed E-state index contributed by atoms with van der Waals surface area (Å²) in [4.78, 5) is 26.4. The van der Waals surface area contributed by atoms with Crippen LogP contribution in [0.3, 0.4) is 0 Å². The molecule has 2 heterocycles. The predicted molar refractivity (Wildman–Crippen MR) is 88.0 cm³/mol. The summed E-state index contributed by atoms with van der Waals surface area (Å²) < 4.78 is 0. The first kappa shape index (κ1) is 15.0. The predicted octanol–water partition coefficient (Wildman–Crippen LogP) is 1.52. The third-order valence-electron chi connectivity index (χ3n) is 3.84. The number of nitrogens with one attached hydrogen (secondary N) is 3. The fourth-order valence-corrected chi connectivity index (χ4v) is 2.53. The van der Waals surface area contributed by atoms with Crippen LogP contribution < -0.4 is 10.9 Å². The van der Waals surface area contributed by atoms with Gasteiger partial charge in [0.1, 0.15) is 0 Å². The summed E-state index contributed by atoms with van der Waals surface area (Å²) in [5.74, 6) is -0.704. The van der Waals surface area contributed by atoms with Gasteiger partial charge < -0.3 is 4.98 Å². The highest BCUT2D eigenvalue weighted by Crippen LogP contribution is 2.16. The summed E-state index contributed by atoms with van der Waals surface area (Å²) in [5.41, 5.74) is 7.52. The van der Waals surface area contributed by atoms with E-state index in [0.717, 1.165) is 16.5 Å². The summed E-state index contributed by atoms with van der Waals surface area (Å²) in [5, 5.41) is 8.87. The Labute approximate surface area is 132 Å². The Hall–Kier alpha value is -2.96. The number of benzene rings is 1. The SMILES string of the molecule is CC1=NNC(=O)[C@@H]1CCC(=O)N/N=C\c1c[nH]c2ccccc12. The molecule has 2 amide bonds. The lowest BCUT2D eigenvalue weighted by Crippen LogP contribution is -2.25. The molecule has 1 aromatic heterocycles. The molecule has 118 valence electrons. The van der Waals surface area contributed by atoms with Gasteiger partial charge in [0.05, 0.1) is 12.1 Å². The molecule has 0 saturated carbocycles. The van der Waals surface area contributed by atoms with Gasteiger partial charge in [0, 0.05) is 34.8 Å². The van der Waals surface area contributed by atoms with Crippen molar-refractivity contribution < 1.29 is 9.59 Å². The second-order valence-electron chi connectivity index (χ2n) is 5.40. The third-order valence-corrected chi connectivity index (χ3v) is 3.84. The van der Waals surface area contributed by atoms with Gasteiger partial charge in [-0.05, 0) is 19.4 Å². The minimum absolute atomic E-state index is 0.155. The maximum Gasteiger partial charge on any atom is 0.248 e. The van der Waals surface area contributed by atoms with Gasteiger partial charge in [0.15, 0.2) is 0 Å². The zero-order chi connectivity index (χ0) is 16.2. The van der Waals surface area contributed by atoms with Crippen LogP contribution in [0.25, 0.3) is 10.9 Å². The van der Waals surface area contributed by atoms with E-state index in [9.17, 15) is 9.59 Å². The average Bonchev–Trinajstić information content (AvgIpc) is 3.10. The first-order valence-corrected chi connectivity index (χ1v) is 7.37. The van der Waals surface area contributed by atoms with E-state index in [0.29, 0.717) is 12.1 Å². The Morgan fingerprint density at radius 2 is 2.26 bits per heavy atom. The molecule has 7 heteroatoms. The summed E-state index contributed by atoms with van der Waals surface area (Å²) in [7, 11) is 0. The van der Waals surface area contributed by atoms with E-state index >= 15 is 0 Å². The normalized spacial score (nSPS) is 17.5. The van der Waals surface area contributed by atoms with E-state index < -0.39 is 0 Å². The number of aromatic nitrogens is 1. The number of para-hydroxylation sites is 1. The van der Waals surface area contributed by atoms with E-state index in [4.69, 9.17) is 0 Å². The topological polar surface area (TPSA) is 98.7 Å². The Morgan fingerprint density at radius 3 is 3.04 bits per heavy atom. The molecule has 1 aliphatic rings. The first-order chi connectivity index (χ1) is 11.1. The lowest BCUT2D eigenvalue weighted by molar-refractivity contribution is -0.123. The van der Waals surface area contributed by atoms with E-state index in [1.165, 1.54) is 0 Å². The van der Waals surface area contributed by atoms with Crippen molar-refractivity contribution in [2.24, 2.45) is 16.1 Å². The Kier molecular flexibility index (Phi) is 4.18. The van der Waals surface area contributed by atoms with Crippen molar-refractivity contribution in [3.63, 3.8) is 0 Å². The van der Waals surface area contributed by atoms with Crippen LogP contribution in [0.1, 0.15) is 25.3 Å². The molecule has 0 bridgehead atoms. The second-order valence-corrected chi connectivity index (χ2v) is 5.40. The summed E-state index contributed by atoms with van der Waals surface area (Å²) in [6.45, 7) is 1.77. The van der Waals surface area contributed by atoms with Gasteiger partial charge in [-0.1, -0.05) is 18.2 Å². The van der Waals surface area contributed by atoms with Gasteiger partial charge in [-0.3, -0.25) is 9.59 Å². The van der Waals surface area contributed by atoms with Crippen molar-refractivity contribution in [2.45, 2.75) is 19.8 Å². The van der Waals surface area contributed by atoms with Crippen molar-refractivity contribution >= 4 is 34.6 Å². The lowest BCUT2D eigenvalue weighted by Gasteiger charge is -2.06. The quantitative estimate of drug-likeness (QED) is 0.576. The van der Waals surface area contributed by atoms with Gasteiger partial charge in [0.2, 0.25) is 11.8 Å². The van der Waals surface area contributed by atoms with E-state index in [-0.39, 0.29) is 24.2 Å². The monoisotopic (exact) mass is 311 g/mol. The number of H-pyrrole nitrogens is 1. The minimum atomic E-state index is -0.321. The van der Waals surface area contributed by atoms with Crippen molar-refractivity contribution in [1.82, 2.24) is 15.8 Å². The molecule has 0 unspecified atom stereocenters. The molecule has 7 nitrogen and oxygen atoms in total. The molecule has 0 spiro atoms. The lowest BCUT2D eigenvalue weighted by atomic mass is 9.99. The maximum absolute atomic E-state index is 11.8. The van der Waals surface area contributed by atoms with Gasteiger partial charge >= 0.3 is 0 Å². The highest BCUT2D eigenvalue weighted by Gasteiger charge is 2.26. The number of fused-ring (bicyclic) bond motifs is 1. The fraction of sp³-hybridized carbons (Fsp3) is 0.250. The van der Waals surface area contributed by atoms with Crippen molar-refractivity contribution in [3.8, 4) is 0 Å². The molecule has 3 N–H and O–H groups in total. The second kappa shape index (κ2) is 6.43. The third kappa shape index (κ3) is 3.28. The molecule has 2 aromatic rings. The van der Waals surface area contributed by atoms with Crippen LogP contribution in [0.4, 0.5) is 0 Å². The molecule has 1 aromatic carbocycles. The highest BCUT2D eigenvalue weighted by molar-refractivity contribution is 6.07. The molecular weight excluding hydrogens is 294 g/mol. The minimum Gasteiger partial charge on any atom is -0.361 e. The number of aromatic amines is 1. The molecule has 1 aliphatic heterocycles. The Balaban J connectivity index is 1.53. The van der Waals surface area contributed by atoms with Crippen LogP contribution >= 0.6 is 0 Å². The summed E-state index contributed by atoms with van der Waals surface area (Å²) in [6, 6.07) is 7.85. The van der Waals surface area contributed by atoms with Crippen molar-refractivity contribution in [1.29, 1.82) is 0 Å². The molecule has 0 fully saturated rings. The number of carbonyl (C=O) groups is 2. The molecule has 23 heavy (non-hydrogen) atoms. The average molecular weight is 311 g/mol. The van der Waals surface area contributed by atoms with Crippen LogP contribution in [0, 0.1) is 5.92 Å². The fourth-order valence-electron chi connectivity index (χ4n) is 2.53. The van der Waals surface area contributed by atoms with E-state index in [1.807, 2.05) is 30.5 Å². The van der Waals surface area contributed by atoms with Crippen LogP contribution in [-0.4, -0.2) is 28.7 Å². The molecule has 3 rings (SSSR count). The Morgan fingerprint density at radius 1 is 1.43 bits per heavy atom. The molecular formula is C16H17N5O2. The number of hydrogen-bond donors (Lipinski definition) is 3. The summed E-state index contributed by atoms with van der Waals surface area (Å²) in [6.07, 6.45) is 4.08. The number of hydrogen-bond acceptors (Lipinski definition) is 4. The highest BCUT2D eigenvalue weighted by atomic mass is 16.2. The van der Waals surface area contributed by atoms with Crippen LogP contribution in [0.5, 0.6) is 0 Å². The van der Waals surface area contributed by atoms with Gasteiger partial charge in [-0.25, -0.2) is 10.9 Å². The van der Waals surface area contributed by atoms with E-state index in [2.05, 4.69) is 26.0 Å². The standard InChI is InChI=1S/C16H17N5O2/c1-10-12(16(23)21-19-10)6-7-15(22)20-18-9-11-8-17-14-5-3-2-4-13(11)14/h2-5,8-9,12,17H,6-7H2,1H3,(H,20,22)(H,21,23)/b18-9-/t12-/m1/s1. The zero-order valence-corrected chi connectivity index (χ0v) is 12.7. The van der Waals surface area contributed by atoms with Gasteiger partial charge in [-0.15, -0.1) is 0 Å². The number of hydrazone groups is 2. The van der Waals surface area contributed by atoms with E-state index in [1.54, 1.807) is 13.1 Å². The van der Waals surface area contributed by atoms with Crippen LogP contribution in [0.15, 0.2) is 40.7 Å². The smallest absolute Gasteiger partial charge is 0.248 e. The molecule has 0 saturated heterocycles. The zero-order valence-electron chi connectivity index (χ0n) is 12.7. The van der Waals surface area contributed by atoms with Gasteiger partial charge in [-0.2, -0.15) is 10.2 Å². The van der Waals surface area contributed by atoms with Crippen LogP contribution in [0.2, 0.25) is 0 Å². The van der Waals surface area contributed by atoms with Crippen molar-refractivity contribution in [3.05, 3.63) is 36.0 Å². The number of nitrogens with zero attached hydrogens (tertiary/aromatic N) is 2. The number of amides is 2. The van der Waals surface area contributed by atoms with Gasteiger partial charge in [0.25, 0.3) is 0 Å². The molecule has 0 aliphatic carbocycles. The Bertz CT molecular complexity index is 806. The first-order valence-electron chi connectivity index (χ1n) is 7.37. The number of rotatable bonds is 5. The van der Waals surface area contributed by atoms with Crippen molar-refractivity contribution in [2.75, 3.05) is 0 Å². The largest absolute Gasteiger partial charge is 0.361 e.